The van der Waals surface area contributed by atoms with Gasteiger partial charge in [0.1, 0.15) is 0 Å². The van der Waals surface area contributed by atoms with Gasteiger partial charge >= 0.3 is 0 Å². The van der Waals surface area contributed by atoms with Crippen LogP contribution >= 0.6 is 0 Å². The van der Waals surface area contributed by atoms with Crippen molar-refractivity contribution in [3.63, 3.8) is 0 Å². The summed E-state index contributed by atoms with van der Waals surface area (Å²) in [6.07, 6.45) is 2.17. The van der Waals surface area contributed by atoms with E-state index in [2.05, 4.69) is 34.7 Å². The molecule has 1 aromatic carbocycles. The molecule has 1 saturated heterocycles. The van der Waals surface area contributed by atoms with Crippen LogP contribution in [-0.4, -0.2) is 55.9 Å². The molecule has 1 aliphatic rings. The van der Waals surface area contributed by atoms with Crippen LogP contribution in [0.2, 0.25) is 0 Å². The zero-order valence-electron chi connectivity index (χ0n) is 12.9. The van der Waals surface area contributed by atoms with Crippen LogP contribution in [0.1, 0.15) is 18.4 Å². The number of methoxy groups -OCH3 is 2. The van der Waals surface area contributed by atoms with Crippen molar-refractivity contribution in [2.24, 2.45) is 0 Å². The highest BCUT2D eigenvalue weighted by Crippen LogP contribution is 2.20. The first kappa shape index (κ1) is 16.4. The van der Waals surface area contributed by atoms with Gasteiger partial charge < -0.3 is 14.6 Å². The molecule has 0 bridgehead atoms. The quantitative estimate of drug-likeness (QED) is 0.705. The van der Waals surface area contributed by atoms with Gasteiger partial charge in [-0.05, 0) is 24.8 Å². The number of hydrazine groups is 1. The third-order valence-electron chi connectivity index (χ3n) is 4.07. The Labute approximate surface area is 126 Å². The Kier molecular flexibility index (Phi) is 6.60. The SMILES string of the molecule is COC(CNN1CCC(O)C1CCc1ccccc1)OC. The van der Waals surface area contributed by atoms with Crippen LogP contribution in [0.3, 0.4) is 0 Å². The van der Waals surface area contributed by atoms with Crippen LogP contribution < -0.4 is 5.43 Å². The van der Waals surface area contributed by atoms with E-state index in [9.17, 15) is 5.11 Å². The van der Waals surface area contributed by atoms with E-state index in [1.807, 2.05) is 6.07 Å². The van der Waals surface area contributed by atoms with E-state index in [1.54, 1.807) is 14.2 Å². The Morgan fingerprint density at radius 1 is 1.29 bits per heavy atom. The van der Waals surface area contributed by atoms with Crippen LogP contribution in [0.25, 0.3) is 0 Å². The Morgan fingerprint density at radius 2 is 2.00 bits per heavy atom. The number of rotatable bonds is 8. The summed E-state index contributed by atoms with van der Waals surface area (Å²) in [7, 11) is 3.25. The van der Waals surface area contributed by atoms with Crippen LogP contribution in [-0.2, 0) is 15.9 Å². The van der Waals surface area contributed by atoms with E-state index in [4.69, 9.17) is 9.47 Å². The number of aliphatic hydroxyl groups excluding tert-OH is 1. The second kappa shape index (κ2) is 8.46. The van der Waals surface area contributed by atoms with Gasteiger partial charge in [0, 0.05) is 20.8 Å². The van der Waals surface area contributed by atoms with E-state index in [0.29, 0.717) is 6.54 Å². The Balaban J connectivity index is 1.83. The van der Waals surface area contributed by atoms with E-state index in [1.165, 1.54) is 5.56 Å². The maximum absolute atomic E-state index is 10.2. The summed E-state index contributed by atoms with van der Waals surface area (Å²) >= 11 is 0. The maximum atomic E-state index is 10.2. The van der Waals surface area contributed by atoms with Crippen molar-refractivity contribution >= 4 is 0 Å². The van der Waals surface area contributed by atoms with Crippen molar-refractivity contribution in [3.05, 3.63) is 35.9 Å². The standard InChI is InChI=1S/C16H26N2O3/c1-20-16(21-2)12-17-18-11-10-15(19)14(18)9-8-13-6-4-3-5-7-13/h3-7,14-17,19H,8-12H2,1-2H3. The van der Waals surface area contributed by atoms with Gasteiger partial charge in [0.15, 0.2) is 6.29 Å². The molecule has 0 aromatic heterocycles. The number of aliphatic hydroxyl groups is 1. The molecule has 0 aliphatic carbocycles. The molecule has 0 spiro atoms. The minimum absolute atomic E-state index is 0.138. The second-order valence-electron chi connectivity index (χ2n) is 5.40. The molecule has 2 rings (SSSR count). The fourth-order valence-corrected chi connectivity index (χ4v) is 2.80. The predicted octanol–water partition coefficient (Wildman–Crippen LogP) is 1.18. The van der Waals surface area contributed by atoms with Gasteiger partial charge in [0.05, 0.1) is 18.7 Å². The van der Waals surface area contributed by atoms with Crippen molar-refractivity contribution in [3.8, 4) is 0 Å². The number of hydrogen-bond acceptors (Lipinski definition) is 5. The Bertz CT molecular complexity index is 398. The van der Waals surface area contributed by atoms with Crippen LogP contribution in [0.15, 0.2) is 30.3 Å². The highest BCUT2D eigenvalue weighted by atomic mass is 16.7. The smallest absolute Gasteiger partial charge is 0.170 e. The summed E-state index contributed by atoms with van der Waals surface area (Å²) < 4.78 is 10.4. The molecule has 1 fully saturated rings. The van der Waals surface area contributed by atoms with E-state index in [-0.39, 0.29) is 18.4 Å². The highest BCUT2D eigenvalue weighted by Gasteiger charge is 2.32. The van der Waals surface area contributed by atoms with Crippen molar-refractivity contribution in [1.82, 2.24) is 10.4 Å². The average Bonchev–Trinajstić information content (AvgIpc) is 2.87. The summed E-state index contributed by atoms with van der Waals surface area (Å²) in [5, 5.41) is 12.3. The molecular formula is C16H26N2O3. The number of nitrogens with one attached hydrogen (secondary N) is 1. The zero-order chi connectivity index (χ0) is 15.1. The zero-order valence-corrected chi connectivity index (χ0v) is 12.9. The van der Waals surface area contributed by atoms with Gasteiger partial charge in [0.25, 0.3) is 0 Å². The number of hydrogen-bond donors (Lipinski definition) is 2. The van der Waals surface area contributed by atoms with Crippen LogP contribution in [0.5, 0.6) is 0 Å². The second-order valence-corrected chi connectivity index (χ2v) is 5.40. The van der Waals surface area contributed by atoms with E-state index < -0.39 is 0 Å². The van der Waals surface area contributed by atoms with Gasteiger partial charge in [-0.1, -0.05) is 30.3 Å². The fourth-order valence-electron chi connectivity index (χ4n) is 2.80. The molecule has 2 unspecified atom stereocenters. The molecule has 2 atom stereocenters. The largest absolute Gasteiger partial charge is 0.391 e. The molecule has 21 heavy (non-hydrogen) atoms. The lowest BCUT2D eigenvalue weighted by atomic mass is 10.0. The lowest BCUT2D eigenvalue weighted by Gasteiger charge is -2.28. The molecule has 5 heteroatoms. The lowest BCUT2D eigenvalue weighted by molar-refractivity contribution is -0.109. The first-order chi connectivity index (χ1) is 10.2. The Hall–Kier alpha value is -0.980. The summed E-state index contributed by atoms with van der Waals surface area (Å²) in [6.45, 7) is 1.43. The molecular weight excluding hydrogens is 268 g/mol. The first-order valence-electron chi connectivity index (χ1n) is 7.52. The number of ether oxygens (including phenoxy) is 2. The maximum Gasteiger partial charge on any atom is 0.170 e. The van der Waals surface area contributed by atoms with Crippen molar-refractivity contribution in [2.75, 3.05) is 27.3 Å². The van der Waals surface area contributed by atoms with Gasteiger partial charge in [-0.3, -0.25) is 0 Å². The molecule has 1 heterocycles. The summed E-state index contributed by atoms with van der Waals surface area (Å²) in [4.78, 5) is 0. The van der Waals surface area contributed by atoms with Crippen molar-refractivity contribution in [2.45, 2.75) is 37.7 Å². The summed E-state index contributed by atoms with van der Waals surface area (Å²) in [5.41, 5.74) is 4.63. The van der Waals surface area contributed by atoms with Crippen molar-refractivity contribution in [1.29, 1.82) is 0 Å². The number of nitrogens with zero attached hydrogens (tertiary/aromatic N) is 1. The number of benzene rings is 1. The van der Waals surface area contributed by atoms with Crippen LogP contribution in [0, 0.1) is 0 Å². The lowest BCUT2D eigenvalue weighted by Crippen LogP contribution is -2.48. The molecule has 1 aliphatic heterocycles. The van der Waals surface area contributed by atoms with Gasteiger partial charge in [-0.2, -0.15) is 0 Å². The van der Waals surface area contributed by atoms with E-state index >= 15 is 0 Å². The molecule has 2 N–H and O–H groups in total. The number of aryl methyl sites for hydroxylation is 1. The van der Waals surface area contributed by atoms with Gasteiger partial charge in [-0.15, -0.1) is 0 Å². The fraction of sp³-hybridized carbons (Fsp3) is 0.625. The van der Waals surface area contributed by atoms with Gasteiger partial charge in [0.2, 0.25) is 0 Å². The molecule has 5 nitrogen and oxygen atoms in total. The summed E-state index contributed by atoms with van der Waals surface area (Å²) in [5.74, 6) is 0. The third kappa shape index (κ3) is 4.76. The molecule has 1 aromatic rings. The molecule has 0 radical (unpaired) electrons. The molecule has 118 valence electrons. The predicted molar refractivity (Wildman–Crippen MR) is 81.7 cm³/mol. The topological polar surface area (TPSA) is 54.0 Å². The third-order valence-corrected chi connectivity index (χ3v) is 4.07. The minimum atomic E-state index is -0.273. The first-order valence-corrected chi connectivity index (χ1v) is 7.52. The highest BCUT2D eigenvalue weighted by molar-refractivity contribution is 5.15. The minimum Gasteiger partial charge on any atom is -0.391 e. The van der Waals surface area contributed by atoms with E-state index in [0.717, 1.165) is 25.8 Å². The Morgan fingerprint density at radius 3 is 2.67 bits per heavy atom. The van der Waals surface area contributed by atoms with Crippen LogP contribution in [0.4, 0.5) is 0 Å². The average molecular weight is 294 g/mol. The molecule has 0 amide bonds. The normalized spacial score (nSPS) is 23.0. The summed E-state index contributed by atoms with van der Waals surface area (Å²) in [6, 6.07) is 10.5. The van der Waals surface area contributed by atoms with Crippen molar-refractivity contribution < 1.29 is 14.6 Å². The molecule has 0 saturated carbocycles. The monoisotopic (exact) mass is 294 g/mol. The van der Waals surface area contributed by atoms with Gasteiger partial charge in [-0.25, -0.2) is 10.4 Å².